The summed E-state index contributed by atoms with van der Waals surface area (Å²) in [5.74, 6) is -1.35. The molecular weight excluding hydrogens is 660 g/mol. The zero-order valence-corrected chi connectivity index (χ0v) is 30.1. The first kappa shape index (κ1) is 36.9. The van der Waals surface area contributed by atoms with Crippen LogP contribution < -0.4 is 14.4 Å². The number of phenolic OH excluding ortho intramolecular Hbond substituents is 1. The number of likely N-dealkylation sites (tertiary alicyclic amines) is 1. The van der Waals surface area contributed by atoms with Gasteiger partial charge in [0.25, 0.3) is 0 Å². The largest absolute Gasteiger partial charge is 0.508 e. The molecule has 3 fully saturated rings. The number of anilines is 1. The molecule has 0 bridgehead atoms. The normalized spacial score (nSPS) is 24.5. The number of aromatic nitrogens is 3. The molecule has 3 aliphatic rings. The second-order valence-corrected chi connectivity index (χ2v) is 13.9. The first-order valence-corrected chi connectivity index (χ1v) is 18.0. The van der Waals surface area contributed by atoms with Crippen LogP contribution >= 0.6 is 0 Å². The predicted molar refractivity (Wildman–Crippen MR) is 192 cm³/mol. The number of β-amino-alcohol motifs (C(OH)–C–C–N with tert-alkyl or cyclic N) is 1. The van der Waals surface area contributed by atoms with Crippen molar-refractivity contribution in [1.82, 2.24) is 19.9 Å². The van der Waals surface area contributed by atoms with E-state index in [2.05, 4.69) is 28.7 Å². The fraction of sp³-hybridized carbons (Fsp3) is 0.553. The summed E-state index contributed by atoms with van der Waals surface area (Å²) in [6, 6.07) is 7.52. The molecule has 2 aromatic heterocycles. The number of hydrogen-bond acceptors (Lipinski definition) is 11. The zero-order chi connectivity index (χ0) is 36.3. The molecule has 4 atom stereocenters. The Morgan fingerprint density at radius 1 is 1.08 bits per heavy atom. The minimum absolute atomic E-state index is 0.000936. The van der Waals surface area contributed by atoms with Crippen molar-refractivity contribution in [1.29, 1.82) is 0 Å². The number of fused-ring (bicyclic) bond motifs is 2. The Hall–Kier alpha value is -3.91. The molecule has 51 heavy (non-hydrogen) atoms. The fourth-order valence-corrected chi connectivity index (χ4v) is 7.59. The van der Waals surface area contributed by atoms with Crippen molar-refractivity contribution in [2.45, 2.75) is 71.6 Å². The maximum absolute atomic E-state index is 16.9. The number of aromatic hydroxyl groups is 1. The van der Waals surface area contributed by atoms with Crippen LogP contribution in [0, 0.1) is 17.0 Å². The molecular formula is C38H49F2N5O6. The monoisotopic (exact) mass is 709 g/mol. The van der Waals surface area contributed by atoms with Gasteiger partial charge in [0, 0.05) is 48.6 Å². The van der Waals surface area contributed by atoms with Crippen LogP contribution in [-0.2, 0) is 9.47 Å². The third kappa shape index (κ3) is 7.81. The van der Waals surface area contributed by atoms with Crippen molar-refractivity contribution in [2.24, 2.45) is 5.41 Å². The lowest BCUT2D eigenvalue weighted by Gasteiger charge is -2.45. The maximum atomic E-state index is 16.9. The molecule has 0 spiro atoms. The van der Waals surface area contributed by atoms with Gasteiger partial charge < -0.3 is 34.1 Å². The van der Waals surface area contributed by atoms with E-state index in [1.807, 2.05) is 13.8 Å². The van der Waals surface area contributed by atoms with E-state index in [1.165, 1.54) is 31.4 Å². The van der Waals surface area contributed by atoms with Gasteiger partial charge in [-0.15, -0.1) is 0 Å². The quantitative estimate of drug-likeness (QED) is 0.231. The second kappa shape index (κ2) is 15.8. The van der Waals surface area contributed by atoms with Crippen LogP contribution in [-0.4, -0.2) is 108 Å². The molecule has 3 unspecified atom stereocenters. The topological polar surface area (TPSA) is 123 Å². The molecule has 11 nitrogen and oxygen atoms in total. The molecule has 276 valence electrons. The van der Waals surface area contributed by atoms with Crippen LogP contribution in [0.15, 0.2) is 30.3 Å². The van der Waals surface area contributed by atoms with Crippen molar-refractivity contribution >= 4 is 27.5 Å². The SMILES string of the molecule is CC.COc1nc(-c2cc(O)cc3cccc(F)c23)c(F)c2nc(OCC3(C)CCCN(C4CCO[C@@H](C)C4)C3)nc(N3CCOCC(O)C3)c12. The Kier molecular flexibility index (Phi) is 11.4. The Balaban J connectivity index is 0.00000220. The average Bonchev–Trinajstić information content (AvgIpc) is 3.35. The highest BCUT2D eigenvalue weighted by Gasteiger charge is 2.37. The number of benzene rings is 2. The van der Waals surface area contributed by atoms with Crippen molar-refractivity contribution in [3.05, 3.63) is 42.0 Å². The Labute approximate surface area is 297 Å². The van der Waals surface area contributed by atoms with Gasteiger partial charge in [0.05, 0.1) is 39.1 Å². The molecule has 0 radical (unpaired) electrons. The summed E-state index contributed by atoms with van der Waals surface area (Å²) in [5.41, 5.74) is -0.543. The molecule has 0 aliphatic carbocycles. The van der Waals surface area contributed by atoms with Crippen molar-refractivity contribution in [3.8, 4) is 28.9 Å². The van der Waals surface area contributed by atoms with Crippen LogP contribution in [0.25, 0.3) is 32.9 Å². The molecule has 0 amide bonds. The van der Waals surface area contributed by atoms with E-state index in [-0.39, 0.29) is 75.7 Å². The van der Waals surface area contributed by atoms with Gasteiger partial charge in [-0.3, -0.25) is 4.90 Å². The van der Waals surface area contributed by atoms with Crippen LogP contribution in [0.4, 0.5) is 14.6 Å². The van der Waals surface area contributed by atoms with Crippen LogP contribution in [0.2, 0.25) is 0 Å². The third-order valence-electron chi connectivity index (χ3n) is 9.95. The van der Waals surface area contributed by atoms with E-state index in [4.69, 9.17) is 23.9 Å². The molecule has 3 saturated heterocycles. The highest BCUT2D eigenvalue weighted by molar-refractivity contribution is 6.02. The Morgan fingerprint density at radius 3 is 2.69 bits per heavy atom. The number of piperidine rings is 1. The molecule has 0 saturated carbocycles. The molecule has 5 heterocycles. The summed E-state index contributed by atoms with van der Waals surface area (Å²) in [4.78, 5) is 18.2. The fourth-order valence-electron chi connectivity index (χ4n) is 7.59. The van der Waals surface area contributed by atoms with Crippen molar-refractivity contribution in [2.75, 3.05) is 64.6 Å². The van der Waals surface area contributed by atoms with Gasteiger partial charge in [-0.1, -0.05) is 32.9 Å². The van der Waals surface area contributed by atoms with E-state index in [0.717, 1.165) is 45.4 Å². The first-order chi connectivity index (χ1) is 24.6. The van der Waals surface area contributed by atoms with Crippen LogP contribution in [0.3, 0.4) is 0 Å². The molecule has 3 aliphatic heterocycles. The number of halogens is 2. The third-order valence-corrected chi connectivity index (χ3v) is 9.95. The highest BCUT2D eigenvalue weighted by atomic mass is 19.1. The van der Waals surface area contributed by atoms with Gasteiger partial charge in [0.2, 0.25) is 5.88 Å². The number of ether oxygens (including phenoxy) is 4. The second-order valence-electron chi connectivity index (χ2n) is 13.9. The highest BCUT2D eigenvalue weighted by Crippen LogP contribution is 2.42. The summed E-state index contributed by atoms with van der Waals surface area (Å²) < 4.78 is 55.6. The smallest absolute Gasteiger partial charge is 0.319 e. The first-order valence-electron chi connectivity index (χ1n) is 18.0. The van der Waals surface area contributed by atoms with Crippen molar-refractivity contribution in [3.63, 3.8) is 0 Å². The lowest BCUT2D eigenvalue weighted by Crippen LogP contribution is -2.51. The Morgan fingerprint density at radius 2 is 1.90 bits per heavy atom. The summed E-state index contributed by atoms with van der Waals surface area (Å²) in [7, 11) is 1.40. The number of methoxy groups -OCH3 is 1. The van der Waals surface area contributed by atoms with Gasteiger partial charge >= 0.3 is 6.01 Å². The zero-order valence-electron chi connectivity index (χ0n) is 30.1. The van der Waals surface area contributed by atoms with Crippen molar-refractivity contribution < 1.29 is 37.9 Å². The van der Waals surface area contributed by atoms with E-state index in [1.54, 1.807) is 11.0 Å². The predicted octanol–water partition coefficient (Wildman–Crippen LogP) is 6.11. The Bertz CT molecular complexity index is 1850. The maximum Gasteiger partial charge on any atom is 0.319 e. The number of hydrogen-bond donors (Lipinski definition) is 2. The van der Waals surface area contributed by atoms with E-state index < -0.39 is 17.7 Å². The van der Waals surface area contributed by atoms with Gasteiger partial charge in [-0.2, -0.15) is 9.97 Å². The molecule has 13 heteroatoms. The van der Waals surface area contributed by atoms with Crippen LogP contribution in [0.5, 0.6) is 17.6 Å². The standard InChI is InChI=1S/C36H43F2N5O6.C2H6/c1-21-14-23(8-12-48-21)43-10-5-9-36(2,19-43)20-49-35-40-32-29(33(41-35)42-11-13-47-18-25(45)17-42)34(46-3)39-31(30(32)38)26-16-24(44)15-22-6-4-7-27(37)28(22)26;1-2/h4,6-7,15-16,21,23,25,44-45H,5,8-14,17-20H2,1-3H3;1-2H3/t21-,23?,25?,36?;/m0./s1. The summed E-state index contributed by atoms with van der Waals surface area (Å²) >= 11 is 0. The molecule has 2 N–H and O–H groups in total. The van der Waals surface area contributed by atoms with E-state index in [9.17, 15) is 10.2 Å². The number of phenols is 1. The van der Waals surface area contributed by atoms with Gasteiger partial charge in [-0.25, -0.2) is 13.8 Å². The number of rotatable bonds is 7. The minimum Gasteiger partial charge on any atom is -0.508 e. The number of pyridine rings is 1. The summed E-state index contributed by atoms with van der Waals surface area (Å²) in [5, 5.41) is 21.8. The minimum atomic E-state index is -0.852. The van der Waals surface area contributed by atoms with Gasteiger partial charge in [-0.05, 0) is 62.7 Å². The number of aliphatic hydroxyl groups excluding tert-OH is 1. The molecule has 7 rings (SSSR count). The van der Waals surface area contributed by atoms with E-state index in [0.29, 0.717) is 31.2 Å². The lowest BCUT2D eigenvalue weighted by molar-refractivity contribution is -0.0431. The summed E-state index contributed by atoms with van der Waals surface area (Å²) in [6.45, 7) is 12.2. The van der Waals surface area contributed by atoms with E-state index >= 15 is 8.78 Å². The average molecular weight is 710 g/mol. The summed E-state index contributed by atoms with van der Waals surface area (Å²) in [6.07, 6.45) is 3.38. The van der Waals surface area contributed by atoms with Gasteiger partial charge in [0.1, 0.15) is 34.0 Å². The molecule has 4 aromatic rings. The molecule has 2 aromatic carbocycles. The number of nitrogens with zero attached hydrogens (tertiary/aromatic N) is 5. The number of aliphatic hydroxyl groups is 1. The van der Waals surface area contributed by atoms with Crippen LogP contribution in [0.1, 0.15) is 53.4 Å². The lowest BCUT2D eigenvalue weighted by atomic mass is 9.81. The van der Waals surface area contributed by atoms with Gasteiger partial charge in [0.15, 0.2) is 5.82 Å².